The normalized spacial score (nSPS) is 16.8. The number of amides is 1. The first-order chi connectivity index (χ1) is 17.0. The highest BCUT2D eigenvalue weighted by molar-refractivity contribution is 5.81. The number of hydrogen-bond acceptors (Lipinski definition) is 4. The quantitative estimate of drug-likeness (QED) is 0.526. The lowest BCUT2D eigenvalue weighted by atomic mass is 9.94. The van der Waals surface area contributed by atoms with Gasteiger partial charge in [0.05, 0.1) is 11.0 Å². The van der Waals surface area contributed by atoms with Gasteiger partial charge in [0, 0.05) is 43.3 Å². The summed E-state index contributed by atoms with van der Waals surface area (Å²) in [6.07, 6.45) is 5.10. The van der Waals surface area contributed by atoms with Crippen molar-refractivity contribution in [1.29, 1.82) is 0 Å². The van der Waals surface area contributed by atoms with Crippen LogP contribution in [0.15, 0.2) is 48.5 Å². The number of fused-ring (bicyclic) bond motifs is 1. The smallest absolute Gasteiger partial charge is 0.320 e. The number of halogens is 2. The molecule has 0 spiro atoms. The average molecular weight is 485 g/mol. The molecule has 35 heavy (non-hydrogen) atoms. The summed E-state index contributed by atoms with van der Waals surface area (Å²) in [5.74, 6) is 0.678. The number of carbonyl (C=O) groups excluding carboxylic acids is 1. The van der Waals surface area contributed by atoms with Gasteiger partial charge < -0.3 is 14.9 Å². The molecule has 2 aliphatic heterocycles. The van der Waals surface area contributed by atoms with Gasteiger partial charge >= 0.3 is 6.55 Å². The number of para-hydroxylation sites is 2. The average Bonchev–Trinajstić information content (AvgIpc) is 3.30. The molecule has 0 saturated carbocycles. The van der Waals surface area contributed by atoms with Gasteiger partial charge in [-0.15, -0.1) is 0 Å². The molecule has 0 bridgehead atoms. The van der Waals surface area contributed by atoms with Crippen molar-refractivity contribution < 1.29 is 23.5 Å². The Labute approximate surface area is 203 Å². The van der Waals surface area contributed by atoms with Crippen molar-refractivity contribution in [1.82, 2.24) is 14.5 Å². The van der Waals surface area contributed by atoms with Gasteiger partial charge in [0.1, 0.15) is 5.82 Å². The summed E-state index contributed by atoms with van der Waals surface area (Å²) in [7, 11) is 0. The summed E-state index contributed by atoms with van der Waals surface area (Å²) < 4.78 is 28.8. The van der Waals surface area contributed by atoms with E-state index in [0.717, 1.165) is 62.1 Å². The van der Waals surface area contributed by atoms with Crippen LogP contribution < -0.4 is 4.90 Å². The molecule has 0 radical (unpaired) electrons. The van der Waals surface area contributed by atoms with E-state index in [4.69, 9.17) is 9.90 Å². The van der Waals surface area contributed by atoms with Crippen LogP contribution in [-0.4, -0.2) is 58.1 Å². The van der Waals surface area contributed by atoms with Crippen LogP contribution in [0.4, 0.5) is 14.5 Å². The molecule has 2 aliphatic rings. The number of anilines is 1. The number of nitrogens with zero attached hydrogens (tertiary/aromatic N) is 4. The van der Waals surface area contributed by atoms with E-state index in [1.165, 1.54) is 6.42 Å². The first kappa shape index (κ1) is 24.6. The first-order valence-corrected chi connectivity index (χ1v) is 12.0. The summed E-state index contributed by atoms with van der Waals surface area (Å²) in [5.41, 5.74) is 2.65. The molecule has 0 aliphatic carbocycles. The lowest BCUT2D eigenvalue weighted by Gasteiger charge is -2.36. The summed E-state index contributed by atoms with van der Waals surface area (Å²) in [5, 5.41) is 6.89. The van der Waals surface area contributed by atoms with Gasteiger partial charge in [-0.1, -0.05) is 24.3 Å². The zero-order valence-electron chi connectivity index (χ0n) is 19.5. The molecule has 0 unspecified atom stereocenters. The Morgan fingerprint density at radius 2 is 1.69 bits per heavy atom. The van der Waals surface area contributed by atoms with Crippen LogP contribution in [0.5, 0.6) is 0 Å². The van der Waals surface area contributed by atoms with Gasteiger partial charge in [-0.25, -0.2) is 4.98 Å². The third-order valence-corrected chi connectivity index (χ3v) is 6.77. The number of carbonyl (C=O) groups is 2. The summed E-state index contributed by atoms with van der Waals surface area (Å²) in [6.45, 7) is 0.453. The molecule has 7 nitrogen and oxygen atoms in total. The molecule has 3 heterocycles. The van der Waals surface area contributed by atoms with E-state index in [-0.39, 0.29) is 18.2 Å². The summed E-state index contributed by atoms with van der Waals surface area (Å²) in [4.78, 5) is 30.0. The Morgan fingerprint density at radius 1 is 1.00 bits per heavy atom. The Morgan fingerprint density at radius 3 is 2.37 bits per heavy atom. The topological polar surface area (TPSA) is 78.7 Å². The van der Waals surface area contributed by atoms with E-state index in [2.05, 4.69) is 9.88 Å². The van der Waals surface area contributed by atoms with E-state index in [1.807, 2.05) is 29.2 Å². The van der Waals surface area contributed by atoms with Crippen molar-refractivity contribution in [3.63, 3.8) is 0 Å². The van der Waals surface area contributed by atoms with Gasteiger partial charge in [-0.05, 0) is 56.4 Å². The van der Waals surface area contributed by atoms with Crippen molar-refractivity contribution in [2.45, 2.75) is 38.7 Å². The molecule has 2 fully saturated rings. The Kier molecular flexibility index (Phi) is 7.94. The Hall–Kier alpha value is -3.49. The molecular formula is C26H30F2N4O3. The third kappa shape index (κ3) is 5.44. The largest absolute Gasteiger partial charge is 0.483 e. The standard InChI is InChI=1S/C25H28F2N4O.CH2O2/c26-25(27)31-22-10-3-2-9-21(22)28-23(31)19-7-6-8-20(17-19)29-15-11-18(12-16-29)24(32)30-13-4-1-5-14-30;2-1-3/h2-3,6-10,17-18,25H,1,4-5,11-16H2;1H,(H,2,3). The maximum Gasteiger partial charge on any atom is 0.320 e. The predicted octanol–water partition coefficient (Wildman–Crippen LogP) is 5.03. The molecule has 2 aromatic carbocycles. The molecule has 2 saturated heterocycles. The number of aromatic nitrogens is 2. The van der Waals surface area contributed by atoms with Crippen LogP contribution in [0.3, 0.4) is 0 Å². The fourth-order valence-electron chi connectivity index (χ4n) is 5.04. The molecule has 186 valence electrons. The van der Waals surface area contributed by atoms with Gasteiger partial charge in [0.25, 0.3) is 6.47 Å². The molecule has 1 aromatic heterocycles. The van der Waals surface area contributed by atoms with E-state index < -0.39 is 6.55 Å². The van der Waals surface area contributed by atoms with Crippen molar-refractivity contribution in [2.75, 3.05) is 31.1 Å². The minimum atomic E-state index is -2.67. The number of benzene rings is 2. The molecule has 1 amide bonds. The molecule has 9 heteroatoms. The van der Waals surface area contributed by atoms with Crippen LogP contribution in [0, 0.1) is 5.92 Å². The van der Waals surface area contributed by atoms with Crippen LogP contribution in [0.1, 0.15) is 38.7 Å². The number of rotatable bonds is 4. The van der Waals surface area contributed by atoms with Gasteiger partial charge in [-0.2, -0.15) is 8.78 Å². The number of imidazole rings is 1. The second kappa shape index (κ2) is 11.3. The molecule has 5 rings (SSSR count). The first-order valence-electron chi connectivity index (χ1n) is 12.0. The van der Waals surface area contributed by atoms with Gasteiger partial charge in [-0.3, -0.25) is 14.2 Å². The number of alkyl halides is 2. The highest BCUT2D eigenvalue weighted by Gasteiger charge is 2.29. The highest BCUT2D eigenvalue weighted by atomic mass is 19.3. The SMILES string of the molecule is O=C(C1CCN(c2cccc(-c3nc4ccccc4n3C(F)F)c2)CC1)N1CCCCC1.O=CO. The molecule has 3 aromatic rings. The number of piperidine rings is 2. The second-order valence-electron chi connectivity index (χ2n) is 8.87. The maximum atomic E-state index is 13.9. The van der Waals surface area contributed by atoms with Gasteiger partial charge in [0.15, 0.2) is 0 Å². The zero-order chi connectivity index (χ0) is 24.8. The fourth-order valence-corrected chi connectivity index (χ4v) is 5.04. The Bertz CT molecular complexity index is 1150. The highest BCUT2D eigenvalue weighted by Crippen LogP contribution is 2.33. The van der Waals surface area contributed by atoms with Crippen LogP contribution in [0.2, 0.25) is 0 Å². The van der Waals surface area contributed by atoms with Crippen LogP contribution >= 0.6 is 0 Å². The van der Waals surface area contributed by atoms with Crippen molar-refractivity contribution >= 4 is 29.1 Å². The lowest BCUT2D eigenvalue weighted by molar-refractivity contribution is -0.137. The minimum Gasteiger partial charge on any atom is -0.483 e. The molecular weight excluding hydrogens is 454 g/mol. The van der Waals surface area contributed by atoms with E-state index >= 15 is 0 Å². The monoisotopic (exact) mass is 484 g/mol. The van der Waals surface area contributed by atoms with Crippen LogP contribution in [-0.2, 0) is 9.59 Å². The predicted molar refractivity (Wildman–Crippen MR) is 130 cm³/mol. The van der Waals surface area contributed by atoms with Crippen LogP contribution in [0.25, 0.3) is 22.4 Å². The second-order valence-corrected chi connectivity index (χ2v) is 8.87. The molecule has 1 N–H and O–H groups in total. The minimum absolute atomic E-state index is 0.0931. The van der Waals surface area contributed by atoms with E-state index in [0.29, 0.717) is 22.5 Å². The summed E-state index contributed by atoms with van der Waals surface area (Å²) in [6, 6.07) is 14.6. The third-order valence-electron chi connectivity index (χ3n) is 6.77. The van der Waals surface area contributed by atoms with Crippen molar-refractivity contribution in [2.24, 2.45) is 5.92 Å². The zero-order valence-corrected chi connectivity index (χ0v) is 19.5. The number of carboxylic acid groups (broad SMARTS) is 1. The fraction of sp³-hybridized carbons (Fsp3) is 0.423. The number of likely N-dealkylation sites (tertiary alicyclic amines) is 1. The summed E-state index contributed by atoms with van der Waals surface area (Å²) >= 11 is 0. The Balaban J connectivity index is 0.000000917. The van der Waals surface area contributed by atoms with Crippen molar-refractivity contribution in [3.05, 3.63) is 48.5 Å². The lowest BCUT2D eigenvalue weighted by Crippen LogP contribution is -2.44. The maximum absolute atomic E-state index is 13.9. The van der Waals surface area contributed by atoms with E-state index in [1.54, 1.807) is 24.3 Å². The van der Waals surface area contributed by atoms with Gasteiger partial charge in [0.2, 0.25) is 5.91 Å². The molecule has 0 atom stereocenters. The van der Waals surface area contributed by atoms with Crippen molar-refractivity contribution in [3.8, 4) is 11.4 Å². The van der Waals surface area contributed by atoms with E-state index in [9.17, 15) is 13.6 Å². The number of hydrogen-bond donors (Lipinski definition) is 1.